The molecule has 0 radical (unpaired) electrons. The van der Waals surface area contributed by atoms with E-state index in [1.807, 2.05) is 13.0 Å². The maximum atomic E-state index is 13.6. The molecule has 0 aliphatic carbocycles. The van der Waals surface area contributed by atoms with Gasteiger partial charge in [0.15, 0.2) is 11.6 Å². The van der Waals surface area contributed by atoms with Crippen LogP contribution < -0.4 is 10.1 Å². The first-order valence-corrected chi connectivity index (χ1v) is 6.05. The highest BCUT2D eigenvalue weighted by Gasteiger charge is 2.13. The Bertz CT molecular complexity index is 365. The van der Waals surface area contributed by atoms with Gasteiger partial charge < -0.3 is 10.1 Å². The van der Waals surface area contributed by atoms with E-state index in [1.165, 1.54) is 13.2 Å². The summed E-state index contributed by atoms with van der Waals surface area (Å²) in [5, 5.41) is 3.45. The quantitative estimate of drug-likeness (QED) is 0.848. The van der Waals surface area contributed by atoms with E-state index < -0.39 is 0 Å². The molecular formula is C14H22FNO. The van der Waals surface area contributed by atoms with Crippen LogP contribution >= 0.6 is 0 Å². The van der Waals surface area contributed by atoms with Crippen molar-refractivity contribution < 1.29 is 9.13 Å². The van der Waals surface area contributed by atoms with Gasteiger partial charge in [-0.15, -0.1) is 0 Å². The van der Waals surface area contributed by atoms with Crippen LogP contribution in [0.25, 0.3) is 0 Å². The van der Waals surface area contributed by atoms with Gasteiger partial charge in [-0.25, -0.2) is 4.39 Å². The van der Waals surface area contributed by atoms with Crippen molar-refractivity contribution >= 4 is 0 Å². The molecule has 0 amide bonds. The third-order valence-electron chi connectivity index (χ3n) is 3.19. The van der Waals surface area contributed by atoms with Gasteiger partial charge in [0, 0.05) is 12.1 Å². The molecule has 0 spiro atoms. The molecule has 1 N–H and O–H groups in total. The number of rotatable bonds is 5. The molecule has 0 fully saturated rings. The Morgan fingerprint density at radius 1 is 1.18 bits per heavy atom. The highest BCUT2D eigenvalue weighted by Crippen LogP contribution is 2.22. The lowest BCUT2D eigenvalue weighted by molar-refractivity contribution is 0.378. The molecule has 1 aromatic rings. The predicted octanol–water partition coefficient (Wildman–Crippen LogP) is 3.53. The maximum Gasteiger partial charge on any atom is 0.165 e. The van der Waals surface area contributed by atoms with Crippen molar-refractivity contribution in [1.29, 1.82) is 0 Å². The summed E-state index contributed by atoms with van der Waals surface area (Å²) in [6.07, 6.45) is 0. The largest absolute Gasteiger partial charge is 0.494 e. The van der Waals surface area contributed by atoms with Gasteiger partial charge in [-0.3, -0.25) is 0 Å². The minimum absolute atomic E-state index is 0.132. The number of hydrogen-bond donors (Lipinski definition) is 1. The molecule has 2 unspecified atom stereocenters. The summed E-state index contributed by atoms with van der Waals surface area (Å²) in [6.45, 7) is 8.51. The van der Waals surface area contributed by atoms with Gasteiger partial charge in [0.1, 0.15) is 0 Å². The van der Waals surface area contributed by atoms with Crippen LogP contribution in [0.4, 0.5) is 4.39 Å². The van der Waals surface area contributed by atoms with Gasteiger partial charge in [0.25, 0.3) is 0 Å². The Kier molecular flexibility index (Phi) is 4.94. The topological polar surface area (TPSA) is 21.3 Å². The first-order valence-electron chi connectivity index (χ1n) is 6.05. The van der Waals surface area contributed by atoms with Crippen molar-refractivity contribution in [3.05, 3.63) is 29.6 Å². The summed E-state index contributed by atoms with van der Waals surface area (Å²) in [7, 11) is 1.47. The molecule has 0 heterocycles. The first kappa shape index (κ1) is 14.0. The second-order valence-electron chi connectivity index (χ2n) is 4.82. The molecule has 3 heteroatoms. The van der Waals surface area contributed by atoms with E-state index in [-0.39, 0.29) is 17.6 Å². The molecule has 96 valence electrons. The average Bonchev–Trinajstić information content (AvgIpc) is 2.28. The van der Waals surface area contributed by atoms with Gasteiger partial charge in [0.2, 0.25) is 0 Å². The molecule has 2 atom stereocenters. The number of benzene rings is 1. The minimum Gasteiger partial charge on any atom is -0.494 e. The standard InChI is InChI=1S/C14H22FNO/c1-9(2)10(3)16-11(4)12-6-7-14(17-5)13(15)8-12/h6-11,16H,1-5H3. The third kappa shape index (κ3) is 3.70. The molecule has 0 bridgehead atoms. The number of ether oxygens (including phenoxy) is 1. The fourth-order valence-electron chi connectivity index (χ4n) is 1.63. The first-order chi connectivity index (χ1) is 7.95. The molecular weight excluding hydrogens is 217 g/mol. The van der Waals surface area contributed by atoms with Crippen LogP contribution in [-0.4, -0.2) is 13.2 Å². The highest BCUT2D eigenvalue weighted by molar-refractivity contribution is 5.30. The molecule has 2 nitrogen and oxygen atoms in total. The van der Waals surface area contributed by atoms with E-state index in [1.54, 1.807) is 6.07 Å². The molecule has 1 rings (SSSR count). The lowest BCUT2D eigenvalue weighted by Gasteiger charge is -2.23. The van der Waals surface area contributed by atoms with Crippen LogP contribution in [0.2, 0.25) is 0 Å². The number of halogens is 1. The lowest BCUT2D eigenvalue weighted by atomic mass is 10.0. The van der Waals surface area contributed by atoms with Crippen molar-refractivity contribution in [1.82, 2.24) is 5.32 Å². The van der Waals surface area contributed by atoms with E-state index in [4.69, 9.17) is 4.74 Å². The van der Waals surface area contributed by atoms with E-state index >= 15 is 0 Å². The Balaban J connectivity index is 2.76. The zero-order valence-corrected chi connectivity index (χ0v) is 11.3. The van der Waals surface area contributed by atoms with Crippen molar-refractivity contribution in [3.63, 3.8) is 0 Å². The van der Waals surface area contributed by atoms with Crippen LogP contribution in [0.1, 0.15) is 39.3 Å². The molecule has 0 aliphatic heterocycles. The Morgan fingerprint density at radius 2 is 1.82 bits per heavy atom. The number of methoxy groups -OCH3 is 1. The zero-order valence-electron chi connectivity index (χ0n) is 11.3. The summed E-state index contributed by atoms with van der Waals surface area (Å²) in [5.41, 5.74) is 0.941. The smallest absolute Gasteiger partial charge is 0.165 e. The summed E-state index contributed by atoms with van der Waals surface area (Å²) in [6, 6.07) is 5.63. The highest BCUT2D eigenvalue weighted by atomic mass is 19.1. The van der Waals surface area contributed by atoms with Crippen molar-refractivity contribution in [2.24, 2.45) is 5.92 Å². The van der Waals surface area contributed by atoms with E-state index in [0.29, 0.717) is 12.0 Å². The Hall–Kier alpha value is -1.09. The van der Waals surface area contributed by atoms with Gasteiger partial charge in [0.05, 0.1) is 7.11 Å². The Morgan fingerprint density at radius 3 is 2.29 bits per heavy atom. The molecule has 0 aromatic heterocycles. The minimum atomic E-state index is -0.309. The maximum absolute atomic E-state index is 13.6. The van der Waals surface area contributed by atoms with Gasteiger partial charge in [-0.2, -0.15) is 0 Å². The second-order valence-corrected chi connectivity index (χ2v) is 4.82. The number of hydrogen-bond acceptors (Lipinski definition) is 2. The van der Waals surface area contributed by atoms with Crippen LogP contribution in [0, 0.1) is 11.7 Å². The van der Waals surface area contributed by atoms with Crippen molar-refractivity contribution in [2.75, 3.05) is 7.11 Å². The fraction of sp³-hybridized carbons (Fsp3) is 0.571. The fourth-order valence-corrected chi connectivity index (χ4v) is 1.63. The van der Waals surface area contributed by atoms with Gasteiger partial charge in [-0.1, -0.05) is 19.9 Å². The van der Waals surface area contributed by atoms with Crippen LogP contribution in [-0.2, 0) is 0 Å². The normalized spacial score (nSPS) is 14.8. The van der Waals surface area contributed by atoms with E-state index in [9.17, 15) is 4.39 Å². The van der Waals surface area contributed by atoms with Crippen molar-refractivity contribution in [2.45, 2.75) is 39.8 Å². The molecule has 0 saturated heterocycles. The molecule has 17 heavy (non-hydrogen) atoms. The SMILES string of the molecule is COc1ccc(C(C)NC(C)C(C)C)cc1F. The number of nitrogens with one attached hydrogen (secondary N) is 1. The van der Waals surface area contributed by atoms with Crippen molar-refractivity contribution in [3.8, 4) is 5.75 Å². The zero-order chi connectivity index (χ0) is 13.0. The molecule has 0 saturated carbocycles. The third-order valence-corrected chi connectivity index (χ3v) is 3.19. The summed E-state index contributed by atoms with van der Waals surface area (Å²) in [5.74, 6) is 0.536. The van der Waals surface area contributed by atoms with Gasteiger partial charge in [-0.05, 0) is 37.5 Å². The van der Waals surface area contributed by atoms with Crippen LogP contribution in [0.15, 0.2) is 18.2 Å². The van der Waals surface area contributed by atoms with E-state index in [0.717, 1.165) is 5.56 Å². The van der Waals surface area contributed by atoms with E-state index in [2.05, 4.69) is 26.1 Å². The molecule has 0 aliphatic rings. The predicted molar refractivity (Wildman–Crippen MR) is 68.8 cm³/mol. The van der Waals surface area contributed by atoms with Gasteiger partial charge >= 0.3 is 0 Å². The summed E-state index contributed by atoms with van der Waals surface area (Å²) < 4.78 is 18.5. The Labute approximate surface area is 103 Å². The summed E-state index contributed by atoms with van der Waals surface area (Å²) >= 11 is 0. The monoisotopic (exact) mass is 239 g/mol. The van der Waals surface area contributed by atoms with Crippen LogP contribution in [0.5, 0.6) is 5.75 Å². The lowest BCUT2D eigenvalue weighted by Crippen LogP contribution is -2.33. The summed E-state index contributed by atoms with van der Waals surface area (Å²) in [4.78, 5) is 0. The average molecular weight is 239 g/mol. The van der Waals surface area contributed by atoms with Crippen LogP contribution in [0.3, 0.4) is 0 Å². The molecule has 1 aromatic carbocycles. The second kappa shape index (κ2) is 6.01.